The summed E-state index contributed by atoms with van der Waals surface area (Å²) in [4.78, 5) is 16.9. The van der Waals surface area contributed by atoms with Crippen LogP contribution < -0.4 is 4.90 Å². The van der Waals surface area contributed by atoms with Gasteiger partial charge in [-0.05, 0) is 37.3 Å². The largest absolute Gasteiger partial charge is 0.481 e. The molecule has 1 aromatic heterocycles. The fraction of sp³-hybridized carbons (Fsp3) is 0.500. The van der Waals surface area contributed by atoms with Gasteiger partial charge in [-0.3, -0.25) is 4.79 Å². The monoisotopic (exact) mass is 259 g/mol. The van der Waals surface area contributed by atoms with E-state index in [-0.39, 0.29) is 6.42 Å². The van der Waals surface area contributed by atoms with Crippen LogP contribution in [-0.2, 0) is 4.79 Å². The predicted octanol–water partition coefficient (Wildman–Crippen LogP) is 2.03. The highest BCUT2D eigenvalue weighted by molar-refractivity contribution is 5.66. The molecule has 19 heavy (non-hydrogen) atoms. The first-order valence-corrected chi connectivity index (χ1v) is 6.52. The number of hydrogen-bond donors (Lipinski definition) is 1. The van der Waals surface area contributed by atoms with Crippen molar-refractivity contribution in [3.05, 3.63) is 24.0 Å². The fourth-order valence-electron chi connectivity index (χ4n) is 2.59. The first-order valence-electron chi connectivity index (χ1n) is 6.52. The van der Waals surface area contributed by atoms with E-state index in [1.165, 1.54) is 0 Å². The van der Waals surface area contributed by atoms with Gasteiger partial charge in [0, 0.05) is 25.7 Å². The summed E-state index contributed by atoms with van der Waals surface area (Å²) in [5, 5.41) is 17.8. The third-order valence-electron chi connectivity index (χ3n) is 3.52. The van der Waals surface area contributed by atoms with Gasteiger partial charge in [-0.25, -0.2) is 4.98 Å². The lowest BCUT2D eigenvalue weighted by atomic mass is 9.93. The van der Waals surface area contributed by atoms with Crippen molar-refractivity contribution in [3.63, 3.8) is 0 Å². The first kappa shape index (κ1) is 13.3. The second-order valence-corrected chi connectivity index (χ2v) is 4.87. The van der Waals surface area contributed by atoms with Crippen LogP contribution in [0.5, 0.6) is 0 Å². The quantitative estimate of drug-likeness (QED) is 0.895. The van der Waals surface area contributed by atoms with E-state index in [9.17, 15) is 4.79 Å². The second-order valence-electron chi connectivity index (χ2n) is 4.87. The minimum Gasteiger partial charge on any atom is -0.481 e. The molecule has 0 radical (unpaired) electrons. The topological polar surface area (TPSA) is 77.2 Å². The van der Waals surface area contributed by atoms with Crippen LogP contribution in [0.25, 0.3) is 0 Å². The lowest BCUT2D eigenvalue weighted by Crippen LogP contribution is -2.36. The normalized spacial score (nSPS) is 18.9. The fourth-order valence-corrected chi connectivity index (χ4v) is 2.59. The number of hydrogen-bond acceptors (Lipinski definition) is 4. The summed E-state index contributed by atoms with van der Waals surface area (Å²) in [5.41, 5.74) is 1.31. The lowest BCUT2D eigenvalue weighted by Gasteiger charge is -2.34. The number of piperidine rings is 1. The Bertz CT molecular complexity index is 496. The number of carboxylic acid groups (broad SMARTS) is 1. The number of nitrogens with zero attached hydrogens (tertiary/aromatic N) is 3. The third kappa shape index (κ3) is 3.44. The average Bonchev–Trinajstić information content (AvgIpc) is 2.45. The molecule has 100 valence electrons. The van der Waals surface area contributed by atoms with Crippen LogP contribution >= 0.6 is 0 Å². The number of pyridine rings is 1. The van der Waals surface area contributed by atoms with Crippen molar-refractivity contribution in [2.24, 2.45) is 5.92 Å². The molecule has 0 aromatic carbocycles. The molecule has 1 saturated heterocycles. The minimum absolute atomic E-state index is 0.219. The van der Waals surface area contributed by atoms with E-state index in [0.717, 1.165) is 31.6 Å². The maximum absolute atomic E-state index is 10.6. The van der Waals surface area contributed by atoms with Crippen LogP contribution in [0.2, 0.25) is 0 Å². The van der Waals surface area contributed by atoms with Crippen LogP contribution in [0.3, 0.4) is 0 Å². The first-order chi connectivity index (χ1) is 9.20. The van der Waals surface area contributed by atoms with Crippen molar-refractivity contribution in [3.8, 4) is 6.07 Å². The maximum Gasteiger partial charge on any atom is 0.303 e. The zero-order valence-corrected chi connectivity index (χ0v) is 10.7. The summed E-state index contributed by atoms with van der Waals surface area (Å²) >= 11 is 0. The zero-order valence-electron chi connectivity index (χ0n) is 10.7. The summed E-state index contributed by atoms with van der Waals surface area (Å²) in [5.74, 6) is -0.354. The highest BCUT2D eigenvalue weighted by Gasteiger charge is 2.22. The van der Waals surface area contributed by atoms with Crippen LogP contribution in [0.15, 0.2) is 18.3 Å². The molecule has 0 bridgehead atoms. The Hall–Kier alpha value is -2.09. The van der Waals surface area contributed by atoms with Gasteiger partial charge in [-0.15, -0.1) is 0 Å². The van der Waals surface area contributed by atoms with E-state index in [2.05, 4.69) is 16.0 Å². The molecule has 1 aromatic rings. The van der Waals surface area contributed by atoms with Gasteiger partial charge in [0.05, 0.1) is 5.69 Å². The SMILES string of the molecule is N#Cc1ncccc1N1CCCC(CCC(=O)O)C1. The Morgan fingerprint density at radius 2 is 2.47 bits per heavy atom. The third-order valence-corrected chi connectivity index (χ3v) is 3.52. The van der Waals surface area contributed by atoms with E-state index in [4.69, 9.17) is 10.4 Å². The number of carboxylic acids is 1. The van der Waals surface area contributed by atoms with Crippen molar-refractivity contribution < 1.29 is 9.90 Å². The molecular formula is C14H17N3O2. The molecule has 1 aliphatic rings. The van der Waals surface area contributed by atoms with Crippen molar-refractivity contribution >= 4 is 11.7 Å². The van der Waals surface area contributed by atoms with Crippen molar-refractivity contribution in [2.45, 2.75) is 25.7 Å². The summed E-state index contributed by atoms with van der Waals surface area (Å²) in [7, 11) is 0. The Morgan fingerprint density at radius 1 is 1.63 bits per heavy atom. The van der Waals surface area contributed by atoms with Crippen molar-refractivity contribution in [1.29, 1.82) is 5.26 Å². The predicted molar refractivity (Wildman–Crippen MR) is 70.8 cm³/mol. The molecule has 2 rings (SSSR count). The number of carbonyl (C=O) groups is 1. The van der Waals surface area contributed by atoms with Crippen molar-refractivity contribution in [2.75, 3.05) is 18.0 Å². The van der Waals surface area contributed by atoms with Crippen LogP contribution in [-0.4, -0.2) is 29.1 Å². The molecule has 1 N–H and O–H groups in total. The van der Waals surface area contributed by atoms with E-state index < -0.39 is 5.97 Å². The lowest BCUT2D eigenvalue weighted by molar-refractivity contribution is -0.137. The Morgan fingerprint density at radius 3 is 3.21 bits per heavy atom. The van der Waals surface area contributed by atoms with Crippen LogP contribution in [0.1, 0.15) is 31.4 Å². The van der Waals surface area contributed by atoms with Gasteiger partial charge < -0.3 is 10.0 Å². The molecule has 2 heterocycles. The van der Waals surface area contributed by atoms with Gasteiger partial charge in [-0.1, -0.05) is 0 Å². The second kappa shape index (κ2) is 6.19. The van der Waals surface area contributed by atoms with E-state index in [0.29, 0.717) is 18.0 Å². The summed E-state index contributed by atoms with van der Waals surface area (Å²) < 4.78 is 0. The van der Waals surface area contributed by atoms with Gasteiger partial charge in [-0.2, -0.15) is 5.26 Å². The Balaban J connectivity index is 2.04. The highest BCUT2D eigenvalue weighted by Crippen LogP contribution is 2.27. The number of aromatic nitrogens is 1. The van der Waals surface area contributed by atoms with Crippen LogP contribution in [0, 0.1) is 17.2 Å². The molecule has 5 heteroatoms. The summed E-state index contributed by atoms with van der Waals surface area (Å²) in [6.45, 7) is 1.72. The maximum atomic E-state index is 10.6. The van der Waals surface area contributed by atoms with Crippen molar-refractivity contribution in [1.82, 2.24) is 4.98 Å². The molecule has 1 unspecified atom stereocenters. The van der Waals surface area contributed by atoms with Gasteiger partial charge in [0.25, 0.3) is 0 Å². The molecule has 0 aliphatic carbocycles. The Kier molecular flexibility index (Phi) is 4.35. The molecular weight excluding hydrogens is 242 g/mol. The van der Waals surface area contributed by atoms with Gasteiger partial charge in [0.15, 0.2) is 5.69 Å². The molecule has 0 spiro atoms. The minimum atomic E-state index is -0.740. The number of rotatable bonds is 4. The molecule has 0 saturated carbocycles. The number of anilines is 1. The molecule has 1 fully saturated rings. The summed E-state index contributed by atoms with van der Waals surface area (Å²) in [6, 6.07) is 5.85. The van der Waals surface area contributed by atoms with E-state index >= 15 is 0 Å². The average molecular weight is 259 g/mol. The highest BCUT2D eigenvalue weighted by atomic mass is 16.4. The summed E-state index contributed by atoms with van der Waals surface area (Å²) in [6.07, 6.45) is 4.63. The number of aliphatic carboxylic acids is 1. The van der Waals surface area contributed by atoms with Gasteiger partial charge in [0.2, 0.25) is 0 Å². The van der Waals surface area contributed by atoms with E-state index in [1.54, 1.807) is 6.20 Å². The molecule has 5 nitrogen and oxygen atoms in total. The molecule has 1 aliphatic heterocycles. The standard InChI is InChI=1S/C14H17N3O2/c15-9-12-13(4-1-7-16-12)17-8-2-3-11(10-17)5-6-14(18)19/h1,4,7,11H,2-3,5-6,8,10H2,(H,18,19). The van der Waals surface area contributed by atoms with Crippen LogP contribution in [0.4, 0.5) is 5.69 Å². The van der Waals surface area contributed by atoms with Gasteiger partial charge in [0.1, 0.15) is 6.07 Å². The smallest absolute Gasteiger partial charge is 0.303 e. The molecule has 1 atom stereocenters. The number of nitriles is 1. The van der Waals surface area contributed by atoms with Gasteiger partial charge >= 0.3 is 5.97 Å². The zero-order chi connectivity index (χ0) is 13.7. The Labute approximate surface area is 112 Å². The molecule has 0 amide bonds. The van der Waals surface area contributed by atoms with E-state index in [1.807, 2.05) is 12.1 Å².